The lowest BCUT2D eigenvalue weighted by molar-refractivity contribution is -0.119. The van der Waals surface area contributed by atoms with Crippen molar-refractivity contribution in [3.05, 3.63) is 23.4 Å². The molecule has 2 heteroatoms. The minimum atomic E-state index is 0.0150. The van der Waals surface area contributed by atoms with Gasteiger partial charge in [-0.25, -0.2) is 0 Å². The van der Waals surface area contributed by atoms with Crippen LogP contribution in [0.2, 0.25) is 0 Å². The van der Waals surface area contributed by atoms with Crippen molar-refractivity contribution in [1.29, 1.82) is 0 Å². The average Bonchev–Trinajstić information content (AvgIpc) is 1.84. The van der Waals surface area contributed by atoms with Crippen molar-refractivity contribution in [2.24, 2.45) is 0 Å². The van der Waals surface area contributed by atoms with E-state index in [9.17, 15) is 4.79 Å². The molecule has 0 aromatic rings. The van der Waals surface area contributed by atoms with Crippen LogP contribution in [0.1, 0.15) is 34.1 Å². The Hall–Kier alpha value is -1.05. The number of rotatable bonds is 3. The van der Waals surface area contributed by atoms with Gasteiger partial charge >= 0.3 is 0 Å². The van der Waals surface area contributed by atoms with Crippen molar-refractivity contribution in [2.45, 2.75) is 34.1 Å². The maximum Gasteiger partial charge on any atom is 0.228 e. The molecule has 0 spiro atoms. The molecule has 0 aliphatic rings. The van der Waals surface area contributed by atoms with E-state index in [0.29, 0.717) is 6.42 Å². The minimum absolute atomic E-state index is 0.0150. The molecular formula is C10H17NO. The fraction of sp³-hybridized carbons (Fsp3) is 0.500. The van der Waals surface area contributed by atoms with Crippen LogP contribution in [0.25, 0.3) is 0 Å². The standard InChI is InChI=1S/C10H17NO/c1-7(2)6-10(12)11-9(5)8(3)4/h1,6H2,2-5H3,(H,11,12). The molecule has 1 amide bonds. The predicted octanol–water partition coefficient (Wildman–Crippen LogP) is 2.38. The Morgan fingerprint density at radius 3 is 2.08 bits per heavy atom. The second-order valence-corrected chi connectivity index (χ2v) is 3.31. The molecule has 0 unspecified atom stereocenters. The summed E-state index contributed by atoms with van der Waals surface area (Å²) in [5, 5.41) is 2.79. The van der Waals surface area contributed by atoms with Gasteiger partial charge in [-0.3, -0.25) is 4.79 Å². The van der Waals surface area contributed by atoms with Gasteiger partial charge in [0.05, 0.1) is 0 Å². The summed E-state index contributed by atoms with van der Waals surface area (Å²) in [6.45, 7) is 11.3. The predicted molar refractivity (Wildman–Crippen MR) is 51.6 cm³/mol. The average molecular weight is 167 g/mol. The second kappa shape index (κ2) is 4.75. The number of carbonyl (C=O) groups is 1. The highest BCUT2D eigenvalue weighted by molar-refractivity contribution is 5.79. The number of nitrogens with one attached hydrogen (secondary N) is 1. The Balaban J connectivity index is 4.03. The van der Waals surface area contributed by atoms with E-state index in [1.165, 1.54) is 0 Å². The molecule has 0 rings (SSSR count). The van der Waals surface area contributed by atoms with Gasteiger partial charge in [0.25, 0.3) is 0 Å². The highest BCUT2D eigenvalue weighted by Gasteiger charge is 2.01. The number of hydrogen-bond donors (Lipinski definition) is 1. The molecule has 0 fully saturated rings. The Labute approximate surface area is 74.4 Å². The summed E-state index contributed by atoms with van der Waals surface area (Å²) in [5.74, 6) is 0.0150. The molecule has 0 saturated heterocycles. The van der Waals surface area contributed by atoms with Crippen molar-refractivity contribution in [3.8, 4) is 0 Å². The van der Waals surface area contributed by atoms with Crippen LogP contribution in [0.15, 0.2) is 23.4 Å². The SMILES string of the molecule is C=C(C)CC(=O)NC(C)=C(C)C. The first-order valence-corrected chi connectivity index (χ1v) is 4.01. The first-order chi connectivity index (χ1) is 5.43. The van der Waals surface area contributed by atoms with Gasteiger partial charge in [-0.15, -0.1) is 0 Å². The zero-order valence-corrected chi connectivity index (χ0v) is 8.32. The number of amides is 1. The van der Waals surface area contributed by atoms with E-state index in [1.54, 1.807) is 0 Å². The van der Waals surface area contributed by atoms with Gasteiger partial charge in [0.15, 0.2) is 0 Å². The molecule has 0 aliphatic heterocycles. The zero-order chi connectivity index (χ0) is 9.72. The third kappa shape index (κ3) is 4.72. The number of hydrogen-bond acceptors (Lipinski definition) is 1. The van der Waals surface area contributed by atoms with Crippen LogP contribution in [-0.2, 0) is 4.79 Å². The van der Waals surface area contributed by atoms with Crippen LogP contribution in [0.3, 0.4) is 0 Å². The van der Waals surface area contributed by atoms with Gasteiger partial charge in [-0.05, 0) is 27.7 Å². The lowest BCUT2D eigenvalue weighted by Gasteiger charge is -2.06. The lowest BCUT2D eigenvalue weighted by Crippen LogP contribution is -2.21. The lowest BCUT2D eigenvalue weighted by atomic mass is 10.2. The van der Waals surface area contributed by atoms with Crippen LogP contribution in [0, 0.1) is 0 Å². The smallest absolute Gasteiger partial charge is 0.228 e. The van der Waals surface area contributed by atoms with Crippen molar-refractivity contribution in [3.63, 3.8) is 0 Å². The van der Waals surface area contributed by atoms with E-state index in [1.807, 2.05) is 27.7 Å². The molecule has 2 nitrogen and oxygen atoms in total. The molecule has 0 atom stereocenters. The van der Waals surface area contributed by atoms with E-state index >= 15 is 0 Å². The molecule has 12 heavy (non-hydrogen) atoms. The molecule has 0 aromatic carbocycles. The number of allylic oxidation sites excluding steroid dienone is 2. The highest BCUT2D eigenvalue weighted by atomic mass is 16.1. The summed E-state index contributed by atoms with van der Waals surface area (Å²) in [4.78, 5) is 11.2. The monoisotopic (exact) mass is 167 g/mol. The van der Waals surface area contributed by atoms with E-state index in [4.69, 9.17) is 0 Å². The van der Waals surface area contributed by atoms with Crippen molar-refractivity contribution in [2.75, 3.05) is 0 Å². The summed E-state index contributed by atoms with van der Waals surface area (Å²) in [6, 6.07) is 0. The molecule has 0 saturated carbocycles. The van der Waals surface area contributed by atoms with E-state index in [2.05, 4.69) is 11.9 Å². The third-order valence-corrected chi connectivity index (χ3v) is 1.54. The Bertz CT molecular complexity index is 222. The van der Waals surface area contributed by atoms with Crippen LogP contribution < -0.4 is 5.32 Å². The van der Waals surface area contributed by atoms with E-state index in [-0.39, 0.29) is 5.91 Å². The van der Waals surface area contributed by atoms with Crippen LogP contribution in [-0.4, -0.2) is 5.91 Å². The summed E-state index contributed by atoms with van der Waals surface area (Å²) >= 11 is 0. The zero-order valence-electron chi connectivity index (χ0n) is 8.32. The van der Waals surface area contributed by atoms with Gasteiger partial charge < -0.3 is 5.32 Å². The van der Waals surface area contributed by atoms with Gasteiger partial charge in [-0.1, -0.05) is 17.7 Å². The molecule has 0 heterocycles. The molecule has 0 radical (unpaired) electrons. The first-order valence-electron chi connectivity index (χ1n) is 4.01. The van der Waals surface area contributed by atoms with E-state index in [0.717, 1.165) is 16.8 Å². The van der Waals surface area contributed by atoms with Crippen molar-refractivity contribution in [1.82, 2.24) is 5.32 Å². The topological polar surface area (TPSA) is 29.1 Å². The van der Waals surface area contributed by atoms with Crippen LogP contribution in [0.4, 0.5) is 0 Å². The highest BCUT2D eigenvalue weighted by Crippen LogP contribution is 2.00. The molecule has 0 aliphatic carbocycles. The fourth-order valence-electron chi connectivity index (χ4n) is 0.652. The van der Waals surface area contributed by atoms with Gasteiger partial charge in [0, 0.05) is 12.1 Å². The largest absolute Gasteiger partial charge is 0.330 e. The summed E-state index contributed by atoms with van der Waals surface area (Å²) in [6.07, 6.45) is 0.407. The Kier molecular flexibility index (Phi) is 4.34. The molecule has 68 valence electrons. The van der Waals surface area contributed by atoms with Crippen molar-refractivity contribution >= 4 is 5.91 Å². The van der Waals surface area contributed by atoms with Gasteiger partial charge in [0.1, 0.15) is 0 Å². The third-order valence-electron chi connectivity index (χ3n) is 1.54. The van der Waals surface area contributed by atoms with E-state index < -0.39 is 0 Å². The maximum absolute atomic E-state index is 11.2. The van der Waals surface area contributed by atoms with Crippen molar-refractivity contribution < 1.29 is 4.79 Å². The Morgan fingerprint density at radius 1 is 1.25 bits per heavy atom. The molecule has 1 N–H and O–H groups in total. The second-order valence-electron chi connectivity index (χ2n) is 3.31. The van der Waals surface area contributed by atoms with Gasteiger partial charge in [0.2, 0.25) is 5.91 Å². The van der Waals surface area contributed by atoms with Gasteiger partial charge in [-0.2, -0.15) is 0 Å². The molecular weight excluding hydrogens is 150 g/mol. The fourth-order valence-corrected chi connectivity index (χ4v) is 0.652. The maximum atomic E-state index is 11.2. The quantitative estimate of drug-likeness (QED) is 0.642. The normalized spacial score (nSPS) is 9.00. The van der Waals surface area contributed by atoms with Crippen LogP contribution in [0.5, 0.6) is 0 Å². The Morgan fingerprint density at radius 2 is 1.75 bits per heavy atom. The first kappa shape index (κ1) is 11.0. The molecule has 0 bridgehead atoms. The summed E-state index contributed by atoms with van der Waals surface area (Å²) in [5.41, 5.74) is 2.94. The molecule has 0 aromatic heterocycles. The summed E-state index contributed by atoms with van der Waals surface area (Å²) in [7, 11) is 0. The van der Waals surface area contributed by atoms with Crippen LogP contribution >= 0.6 is 0 Å². The number of carbonyl (C=O) groups excluding carboxylic acids is 1. The minimum Gasteiger partial charge on any atom is -0.330 e. The summed E-state index contributed by atoms with van der Waals surface area (Å²) < 4.78 is 0.